The van der Waals surface area contributed by atoms with Gasteiger partial charge in [0.15, 0.2) is 5.82 Å². The smallest absolute Gasteiger partial charge is 0.159 e. The molecular weight excluding hydrogens is 400 g/mol. The average Bonchev–Trinajstić information content (AvgIpc) is 3.23. The Morgan fingerprint density at radius 3 is 2.62 bits per heavy atom. The lowest BCUT2D eigenvalue weighted by Crippen LogP contribution is -2.31. The highest BCUT2D eigenvalue weighted by Gasteiger charge is 2.20. The summed E-state index contributed by atoms with van der Waals surface area (Å²) in [5.41, 5.74) is 5.65. The van der Waals surface area contributed by atoms with E-state index in [4.69, 9.17) is 21.6 Å². The Labute approximate surface area is 178 Å². The maximum atomic E-state index is 5.99. The van der Waals surface area contributed by atoms with Crippen LogP contribution >= 0.6 is 22.9 Å². The number of nitrogens with zero attached hydrogens (tertiary/aromatic N) is 4. The van der Waals surface area contributed by atoms with Crippen molar-refractivity contribution in [1.82, 2.24) is 19.9 Å². The lowest BCUT2D eigenvalue weighted by atomic mass is 10.1. The van der Waals surface area contributed by atoms with Crippen LogP contribution in [0.3, 0.4) is 0 Å². The summed E-state index contributed by atoms with van der Waals surface area (Å²) in [5, 5.41) is 3.93. The van der Waals surface area contributed by atoms with Crippen LogP contribution in [-0.4, -0.2) is 26.4 Å². The van der Waals surface area contributed by atoms with E-state index in [1.807, 2.05) is 48.7 Å². The van der Waals surface area contributed by atoms with Crippen LogP contribution in [0.15, 0.2) is 66.2 Å². The van der Waals surface area contributed by atoms with Gasteiger partial charge in [-0.2, -0.15) is 0 Å². The molecule has 0 fully saturated rings. The van der Waals surface area contributed by atoms with Crippen LogP contribution < -0.4 is 0 Å². The van der Waals surface area contributed by atoms with Gasteiger partial charge in [-0.05, 0) is 12.1 Å². The Morgan fingerprint density at radius 2 is 1.79 bits per heavy atom. The molecule has 0 spiro atoms. The van der Waals surface area contributed by atoms with Crippen LogP contribution in [0.25, 0.3) is 22.0 Å². The van der Waals surface area contributed by atoms with Crippen LogP contribution in [0.4, 0.5) is 0 Å². The summed E-state index contributed by atoms with van der Waals surface area (Å²) in [4.78, 5) is 16.6. The summed E-state index contributed by atoms with van der Waals surface area (Å²) in [6, 6.07) is 18.0. The van der Waals surface area contributed by atoms with E-state index in [0.29, 0.717) is 0 Å². The Kier molecular flexibility index (Phi) is 5.10. The minimum Gasteiger partial charge on any atom is -0.293 e. The zero-order valence-electron chi connectivity index (χ0n) is 15.8. The largest absolute Gasteiger partial charge is 0.293 e. The van der Waals surface area contributed by atoms with Gasteiger partial charge < -0.3 is 0 Å². The third-order valence-electron chi connectivity index (χ3n) is 5.07. The molecule has 2 aromatic carbocycles. The predicted octanol–water partition coefficient (Wildman–Crippen LogP) is 5.48. The summed E-state index contributed by atoms with van der Waals surface area (Å²) in [6.07, 6.45) is 2.92. The molecule has 0 atom stereocenters. The molecule has 3 heterocycles. The number of rotatable bonds is 4. The van der Waals surface area contributed by atoms with Crippen molar-refractivity contribution < 1.29 is 0 Å². The van der Waals surface area contributed by atoms with Gasteiger partial charge in [0, 0.05) is 59.3 Å². The minimum atomic E-state index is 0.746. The van der Waals surface area contributed by atoms with E-state index in [9.17, 15) is 0 Å². The molecule has 1 aliphatic rings. The predicted molar refractivity (Wildman–Crippen MR) is 118 cm³/mol. The first-order chi connectivity index (χ1) is 14.2. The van der Waals surface area contributed by atoms with Gasteiger partial charge in [-0.15, -0.1) is 11.3 Å². The lowest BCUT2D eigenvalue weighted by Gasteiger charge is -2.27. The number of fused-ring (bicyclic) bond motifs is 1. The molecule has 0 saturated carbocycles. The van der Waals surface area contributed by atoms with Crippen molar-refractivity contribution in [1.29, 1.82) is 0 Å². The summed E-state index contributed by atoms with van der Waals surface area (Å²) < 4.78 is 0. The lowest BCUT2D eigenvalue weighted by molar-refractivity contribution is 0.240. The van der Waals surface area contributed by atoms with E-state index in [1.165, 1.54) is 5.56 Å². The molecule has 0 saturated heterocycles. The fourth-order valence-electron chi connectivity index (χ4n) is 3.57. The van der Waals surface area contributed by atoms with E-state index in [-0.39, 0.29) is 0 Å². The van der Waals surface area contributed by atoms with Crippen LogP contribution in [-0.2, 0) is 19.5 Å². The third kappa shape index (κ3) is 4.08. The fourth-order valence-corrected chi connectivity index (χ4v) is 4.51. The number of aromatic nitrogens is 3. The molecule has 0 N–H and O–H groups in total. The molecule has 6 heteroatoms. The quantitative estimate of drug-likeness (QED) is 0.440. The highest BCUT2D eigenvalue weighted by atomic mass is 35.5. The normalized spacial score (nSPS) is 14.0. The molecule has 0 aliphatic carbocycles. The van der Waals surface area contributed by atoms with Gasteiger partial charge in [-0.25, -0.2) is 15.0 Å². The van der Waals surface area contributed by atoms with Gasteiger partial charge in [-0.1, -0.05) is 54.1 Å². The Morgan fingerprint density at radius 1 is 0.966 bits per heavy atom. The Hall–Kier alpha value is -2.60. The van der Waals surface area contributed by atoms with Crippen LogP contribution in [0.5, 0.6) is 0 Å². The second kappa shape index (κ2) is 8.03. The zero-order chi connectivity index (χ0) is 19.6. The molecule has 5 rings (SSSR count). The fraction of sp³-hybridized carbons (Fsp3) is 0.174. The van der Waals surface area contributed by atoms with E-state index in [2.05, 4.69) is 27.4 Å². The average molecular weight is 419 g/mol. The number of halogens is 1. The van der Waals surface area contributed by atoms with Gasteiger partial charge in [0.2, 0.25) is 0 Å². The molecule has 2 aromatic heterocycles. The molecule has 0 bridgehead atoms. The second-order valence-electron chi connectivity index (χ2n) is 7.14. The first-order valence-electron chi connectivity index (χ1n) is 9.57. The Bertz CT molecular complexity index is 1130. The first kappa shape index (κ1) is 18.4. The molecule has 0 amide bonds. The molecule has 4 nitrogen and oxygen atoms in total. The summed E-state index contributed by atoms with van der Waals surface area (Å²) >= 11 is 7.66. The van der Waals surface area contributed by atoms with E-state index in [0.717, 1.165) is 64.4 Å². The Balaban J connectivity index is 1.29. The second-order valence-corrected chi connectivity index (χ2v) is 8.44. The SMILES string of the molecule is Clc1ccc(-c2nc(CN3CCc4nc(-c5ccccc5)ncc4C3)cs2)cc1. The van der Waals surface area contributed by atoms with E-state index in [1.54, 1.807) is 11.3 Å². The van der Waals surface area contributed by atoms with Crippen molar-refractivity contribution >= 4 is 22.9 Å². The highest BCUT2D eigenvalue weighted by molar-refractivity contribution is 7.13. The molecule has 0 radical (unpaired) electrons. The summed E-state index contributed by atoms with van der Waals surface area (Å²) in [5.74, 6) is 0.810. The van der Waals surface area contributed by atoms with Crippen molar-refractivity contribution in [3.05, 3.63) is 88.1 Å². The summed E-state index contributed by atoms with van der Waals surface area (Å²) in [7, 11) is 0. The van der Waals surface area contributed by atoms with Crippen molar-refractivity contribution in [2.24, 2.45) is 0 Å². The first-order valence-corrected chi connectivity index (χ1v) is 10.8. The molecule has 0 unspecified atom stereocenters. The van der Waals surface area contributed by atoms with Gasteiger partial charge >= 0.3 is 0 Å². The van der Waals surface area contributed by atoms with Crippen molar-refractivity contribution in [3.8, 4) is 22.0 Å². The van der Waals surface area contributed by atoms with Crippen LogP contribution in [0, 0.1) is 0 Å². The maximum Gasteiger partial charge on any atom is 0.159 e. The molecule has 29 heavy (non-hydrogen) atoms. The van der Waals surface area contributed by atoms with Crippen molar-refractivity contribution in [3.63, 3.8) is 0 Å². The zero-order valence-corrected chi connectivity index (χ0v) is 17.3. The minimum absolute atomic E-state index is 0.746. The third-order valence-corrected chi connectivity index (χ3v) is 6.27. The number of benzene rings is 2. The van der Waals surface area contributed by atoms with Crippen LogP contribution in [0.2, 0.25) is 5.02 Å². The number of hydrogen-bond acceptors (Lipinski definition) is 5. The van der Waals surface area contributed by atoms with Gasteiger partial charge in [-0.3, -0.25) is 4.90 Å². The molecular formula is C23H19ClN4S. The van der Waals surface area contributed by atoms with Crippen molar-refractivity contribution in [2.75, 3.05) is 6.54 Å². The molecule has 4 aromatic rings. The molecule has 1 aliphatic heterocycles. The monoisotopic (exact) mass is 418 g/mol. The molecule has 144 valence electrons. The van der Waals surface area contributed by atoms with E-state index < -0.39 is 0 Å². The topological polar surface area (TPSA) is 41.9 Å². The van der Waals surface area contributed by atoms with Gasteiger partial charge in [0.05, 0.1) is 11.4 Å². The highest BCUT2D eigenvalue weighted by Crippen LogP contribution is 2.27. The van der Waals surface area contributed by atoms with Gasteiger partial charge in [0.1, 0.15) is 5.01 Å². The maximum absolute atomic E-state index is 5.99. The summed E-state index contributed by atoms with van der Waals surface area (Å²) in [6.45, 7) is 2.67. The number of thiazole rings is 1. The van der Waals surface area contributed by atoms with E-state index >= 15 is 0 Å². The standard InChI is InChI=1S/C23H19ClN4S/c24-19-8-6-17(7-9-19)23-26-20(15-29-23)14-28-11-10-21-18(13-28)12-25-22(27-21)16-4-2-1-3-5-16/h1-9,12,15H,10-11,13-14H2. The van der Waals surface area contributed by atoms with Gasteiger partial charge in [0.25, 0.3) is 0 Å². The van der Waals surface area contributed by atoms with Crippen LogP contribution in [0.1, 0.15) is 17.0 Å². The van der Waals surface area contributed by atoms with Crippen molar-refractivity contribution in [2.45, 2.75) is 19.5 Å². The number of hydrogen-bond donors (Lipinski definition) is 0.